The first-order valence-corrected chi connectivity index (χ1v) is 9.70. The van der Waals surface area contributed by atoms with Crippen molar-refractivity contribution >= 4 is 23.1 Å². The highest BCUT2D eigenvalue weighted by Crippen LogP contribution is 2.20. The Kier molecular flexibility index (Phi) is 6.79. The van der Waals surface area contributed by atoms with E-state index in [2.05, 4.69) is 46.5 Å². The lowest BCUT2D eigenvalue weighted by molar-refractivity contribution is 0.0950. The van der Waals surface area contributed by atoms with Crippen LogP contribution in [0.1, 0.15) is 29.8 Å². The number of benzene rings is 2. The number of rotatable bonds is 8. The fraction of sp³-hybridized carbons (Fsp3) is 0.217. The average molecular weight is 392 g/mol. The van der Waals surface area contributed by atoms with Crippen LogP contribution in [0.5, 0.6) is 0 Å². The molecule has 1 amide bonds. The van der Waals surface area contributed by atoms with Gasteiger partial charge in [0.15, 0.2) is 0 Å². The van der Waals surface area contributed by atoms with E-state index in [1.807, 2.05) is 12.1 Å². The van der Waals surface area contributed by atoms with E-state index in [1.165, 1.54) is 18.0 Å². The summed E-state index contributed by atoms with van der Waals surface area (Å²) in [5.41, 5.74) is 2.96. The molecule has 29 heavy (non-hydrogen) atoms. The zero-order chi connectivity index (χ0) is 20.6. The van der Waals surface area contributed by atoms with Gasteiger partial charge >= 0.3 is 0 Å². The Morgan fingerprint density at radius 3 is 2.34 bits per heavy atom. The molecular weight excluding hydrogens is 367 g/mol. The molecule has 1 heterocycles. The Hall–Kier alpha value is -3.41. The molecule has 0 aliphatic rings. The van der Waals surface area contributed by atoms with E-state index in [-0.39, 0.29) is 18.3 Å². The largest absolute Gasteiger partial charge is 0.372 e. The molecule has 3 rings (SSSR count). The molecule has 0 atom stereocenters. The van der Waals surface area contributed by atoms with Crippen LogP contribution in [0.25, 0.3) is 0 Å². The molecule has 2 N–H and O–H groups in total. The van der Waals surface area contributed by atoms with Crippen LogP contribution in [0.15, 0.2) is 66.9 Å². The molecule has 5 nitrogen and oxygen atoms in total. The third-order valence-electron chi connectivity index (χ3n) is 4.69. The minimum absolute atomic E-state index is 0.129. The van der Waals surface area contributed by atoms with Crippen molar-refractivity contribution in [2.75, 3.05) is 23.3 Å². The Bertz CT molecular complexity index is 938. The number of amides is 1. The molecule has 6 heteroatoms. The maximum atomic E-state index is 13.6. The highest BCUT2D eigenvalue weighted by atomic mass is 19.1. The molecule has 0 bridgehead atoms. The smallest absolute Gasteiger partial charge is 0.253 e. The lowest BCUT2D eigenvalue weighted by Gasteiger charge is -2.21. The van der Waals surface area contributed by atoms with E-state index in [4.69, 9.17) is 0 Å². The van der Waals surface area contributed by atoms with E-state index in [9.17, 15) is 9.18 Å². The SMILES string of the molecule is CCN(CC)c1ccc(Nc2ccc(C(=O)NCc3ccccc3F)cn2)cc1. The molecule has 0 saturated carbocycles. The molecule has 2 aromatic carbocycles. The fourth-order valence-electron chi connectivity index (χ4n) is 3.01. The maximum absolute atomic E-state index is 13.6. The molecule has 1 aromatic heterocycles. The Morgan fingerprint density at radius 1 is 1.00 bits per heavy atom. The van der Waals surface area contributed by atoms with Crippen molar-refractivity contribution in [1.29, 1.82) is 0 Å². The minimum Gasteiger partial charge on any atom is -0.372 e. The van der Waals surface area contributed by atoms with Crippen LogP contribution in [0.2, 0.25) is 0 Å². The summed E-state index contributed by atoms with van der Waals surface area (Å²) in [5.74, 6) is 0.0135. The molecule has 0 aliphatic heterocycles. The molecule has 0 aliphatic carbocycles. The Labute approximate surface area is 170 Å². The lowest BCUT2D eigenvalue weighted by atomic mass is 10.2. The molecule has 0 saturated heterocycles. The summed E-state index contributed by atoms with van der Waals surface area (Å²) in [6, 6.07) is 18.0. The molecule has 150 valence electrons. The second kappa shape index (κ2) is 9.68. The number of nitrogens with zero attached hydrogens (tertiary/aromatic N) is 2. The van der Waals surface area contributed by atoms with Gasteiger partial charge in [-0.15, -0.1) is 0 Å². The standard InChI is InChI=1S/C23H25FN4O/c1-3-28(4-2)20-12-10-19(11-13-20)27-22-14-9-18(16-25-22)23(29)26-15-17-7-5-6-8-21(17)24/h5-14,16H,3-4,15H2,1-2H3,(H,25,27)(H,26,29). The summed E-state index contributed by atoms with van der Waals surface area (Å²) >= 11 is 0. The van der Waals surface area contributed by atoms with Crippen molar-refractivity contribution in [2.24, 2.45) is 0 Å². The topological polar surface area (TPSA) is 57.3 Å². The summed E-state index contributed by atoms with van der Waals surface area (Å²) in [6.07, 6.45) is 1.50. The number of hydrogen-bond donors (Lipinski definition) is 2. The van der Waals surface area contributed by atoms with Gasteiger partial charge in [0, 0.05) is 42.8 Å². The van der Waals surface area contributed by atoms with Crippen molar-refractivity contribution in [3.05, 3.63) is 83.8 Å². The van der Waals surface area contributed by atoms with Gasteiger partial charge in [-0.05, 0) is 56.3 Å². The van der Waals surface area contributed by atoms with Crippen molar-refractivity contribution in [1.82, 2.24) is 10.3 Å². The molecule has 3 aromatic rings. The van der Waals surface area contributed by atoms with Crippen LogP contribution in [-0.2, 0) is 6.54 Å². The number of hydrogen-bond acceptors (Lipinski definition) is 4. The van der Waals surface area contributed by atoms with Gasteiger partial charge in [-0.3, -0.25) is 4.79 Å². The number of carbonyl (C=O) groups excluding carboxylic acids is 1. The van der Waals surface area contributed by atoms with Crippen LogP contribution in [0.4, 0.5) is 21.6 Å². The maximum Gasteiger partial charge on any atom is 0.253 e. The predicted octanol–water partition coefficient (Wildman–Crippen LogP) is 4.74. The molecule has 0 fully saturated rings. The normalized spacial score (nSPS) is 10.4. The second-order valence-electron chi connectivity index (χ2n) is 6.55. The van der Waals surface area contributed by atoms with E-state index in [0.717, 1.165) is 18.8 Å². The molecular formula is C23H25FN4O. The lowest BCUT2D eigenvalue weighted by Crippen LogP contribution is -2.23. The molecule has 0 spiro atoms. The van der Waals surface area contributed by atoms with E-state index in [0.29, 0.717) is 16.9 Å². The van der Waals surface area contributed by atoms with Gasteiger partial charge in [-0.2, -0.15) is 0 Å². The molecule has 0 radical (unpaired) electrons. The first kappa shape index (κ1) is 20.3. The number of nitrogens with one attached hydrogen (secondary N) is 2. The number of halogens is 1. The molecule has 0 unspecified atom stereocenters. The number of pyridine rings is 1. The summed E-state index contributed by atoms with van der Waals surface area (Å²) in [4.78, 5) is 18.8. The summed E-state index contributed by atoms with van der Waals surface area (Å²) < 4.78 is 13.6. The van der Waals surface area contributed by atoms with Crippen molar-refractivity contribution in [3.63, 3.8) is 0 Å². The van der Waals surface area contributed by atoms with E-state index < -0.39 is 0 Å². The minimum atomic E-state index is -0.336. The van der Waals surface area contributed by atoms with Gasteiger partial charge in [0.25, 0.3) is 5.91 Å². The predicted molar refractivity (Wildman–Crippen MR) is 115 cm³/mol. The van der Waals surface area contributed by atoms with Gasteiger partial charge < -0.3 is 15.5 Å². The Balaban J connectivity index is 1.58. The van der Waals surface area contributed by atoms with Crippen molar-refractivity contribution in [3.8, 4) is 0 Å². The Morgan fingerprint density at radius 2 is 1.72 bits per heavy atom. The van der Waals surface area contributed by atoms with Gasteiger partial charge in [0.1, 0.15) is 11.6 Å². The van der Waals surface area contributed by atoms with Crippen LogP contribution in [0.3, 0.4) is 0 Å². The fourth-order valence-corrected chi connectivity index (χ4v) is 3.01. The zero-order valence-electron chi connectivity index (χ0n) is 16.7. The van der Waals surface area contributed by atoms with Gasteiger partial charge in [-0.25, -0.2) is 9.37 Å². The summed E-state index contributed by atoms with van der Waals surface area (Å²) in [6.45, 7) is 6.32. The quantitative estimate of drug-likeness (QED) is 0.581. The number of aromatic nitrogens is 1. The average Bonchev–Trinajstić information content (AvgIpc) is 2.75. The van der Waals surface area contributed by atoms with Crippen LogP contribution < -0.4 is 15.5 Å². The highest BCUT2D eigenvalue weighted by Gasteiger charge is 2.08. The van der Waals surface area contributed by atoms with Crippen LogP contribution in [0, 0.1) is 5.82 Å². The first-order valence-electron chi connectivity index (χ1n) is 9.70. The number of anilines is 3. The van der Waals surface area contributed by atoms with Gasteiger partial charge in [-0.1, -0.05) is 18.2 Å². The first-order chi connectivity index (χ1) is 14.1. The van der Waals surface area contributed by atoms with E-state index >= 15 is 0 Å². The van der Waals surface area contributed by atoms with Crippen molar-refractivity contribution in [2.45, 2.75) is 20.4 Å². The highest BCUT2D eigenvalue weighted by molar-refractivity contribution is 5.94. The monoisotopic (exact) mass is 392 g/mol. The summed E-state index contributed by atoms with van der Waals surface area (Å²) in [7, 11) is 0. The van der Waals surface area contributed by atoms with Crippen LogP contribution >= 0.6 is 0 Å². The third-order valence-corrected chi connectivity index (χ3v) is 4.69. The zero-order valence-corrected chi connectivity index (χ0v) is 16.7. The van der Waals surface area contributed by atoms with Gasteiger partial charge in [0.05, 0.1) is 5.56 Å². The summed E-state index contributed by atoms with van der Waals surface area (Å²) in [5, 5.41) is 5.94. The number of carbonyl (C=O) groups is 1. The van der Waals surface area contributed by atoms with E-state index in [1.54, 1.807) is 30.3 Å². The van der Waals surface area contributed by atoms with Crippen molar-refractivity contribution < 1.29 is 9.18 Å². The second-order valence-corrected chi connectivity index (χ2v) is 6.55. The van der Waals surface area contributed by atoms with Gasteiger partial charge in [0.2, 0.25) is 0 Å². The van der Waals surface area contributed by atoms with Crippen LogP contribution in [-0.4, -0.2) is 24.0 Å². The third kappa shape index (κ3) is 5.31.